The minimum Gasteiger partial charge on any atom is -0.211 e. The molecule has 1 rings (SSSR count). The molecule has 0 saturated carbocycles. The van der Waals surface area contributed by atoms with Crippen molar-refractivity contribution in [3.05, 3.63) is 30.3 Å². The summed E-state index contributed by atoms with van der Waals surface area (Å²) < 4.78 is 26.3. The Balaban J connectivity index is 2.61. The van der Waals surface area contributed by atoms with E-state index in [1.165, 1.54) is 0 Å². The third-order valence-corrected chi connectivity index (χ3v) is 5.45. The highest BCUT2D eigenvalue weighted by Gasteiger charge is 2.16. The lowest BCUT2D eigenvalue weighted by atomic mass is 10.4. The van der Waals surface area contributed by atoms with Crippen LogP contribution in [0.15, 0.2) is 35.2 Å². The Kier molecular flexibility index (Phi) is 4.29. The fourth-order valence-electron chi connectivity index (χ4n) is 1.24. The van der Waals surface area contributed by atoms with Crippen LogP contribution in [0, 0.1) is 0 Å². The van der Waals surface area contributed by atoms with Crippen LogP contribution in [0.3, 0.4) is 0 Å². The lowest BCUT2D eigenvalue weighted by molar-refractivity contribution is 0.583. The maximum absolute atomic E-state index is 11.8. The van der Waals surface area contributed by atoms with Crippen LogP contribution >= 0.6 is 0 Å². The summed E-state index contributed by atoms with van der Waals surface area (Å²) in [5, 5.41) is 0. The summed E-state index contributed by atoms with van der Waals surface area (Å²) in [6.45, 7) is 7.21. The molecule has 0 aliphatic heterocycles. The van der Waals surface area contributed by atoms with E-state index in [-0.39, 0.29) is 0 Å². The van der Waals surface area contributed by atoms with Crippen LogP contribution in [0.1, 0.15) is 0 Å². The van der Waals surface area contributed by atoms with E-state index in [0.29, 0.717) is 11.4 Å². The molecular weight excluding hydrogens is 238 g/mol. The Labute approximate surface area is 98.9 Å². The van der Waals surface area contributed by atoms with Crippen LogP contribution in [0.2, 0.25) is 25.7 Å². The summed E-state index contributed by atoms with van der Waals surface area (Å²) in [5.41, 5.74) is 0. The van der Waals surface area contributed by atoms with Crippen LogP contribution < -0.4 is 4.72 Å². The molecular formula is C11H19NO2SSi. The minimum atomic E-state index is -3.31. The second-order valence-electron chi connectivity index (χ2n) is 5.02. The molecule has 0 heterocycles. The molecule has 90 valence electrons. The number of rotatable bonds is 5. The Bertz CT molecular complexity index is 423. The first-order valence-electron chi connectivity index (χ1n) is 5.36. The van der Waals surface area contributed by atoms with Gasteiger partial charge in [-0.3, -0.25) is 0 Å². The van der Waals surface area contributed by atoms with Crippen molar-refractivity contribution in [1.29, 1.82) is 0 Å². The van der Waals surface area contributed by atoms with Gasteiger partial charge in [-0.05, 0) is 18.2 Å². The van der Waals surface area contributed by atoms with Crippen molar-refractivity contribution in [1.82, 2.24) is 4.72 Å². The van der Waals surface area contributed by atoms with Crippen LogP contribution in [0.5, 0.6) is 0 Å². The topological polar surface area (TPSA) is 46.2 Å². The van der Waals surface area contributed by atoms with Gasteiger partial charge in [0.15, 0.2) is 0 Å². The first-order chi connectivity index (χ1) is 7.31. The SMILES string of the molecule is C[Si](C)(C)CCNS(=O)(=O)c1ccccc1. The first-order valence-corrected chi connectivity index (χ1v) is 10.5. The number of benzene rings is 1. The average molecular weight is 257 g/mol. The summed E-state index contributed by atoms with van der Waals surface area (Å²) >= 11 is 0. The molecule has 3 nitrogen and oxygen atoms in total. The molecule has 0 fully saturated rings. The number of hydrogen-bond acceptors (Lipinski definition) is 2. The van der Waals surface area contributed by atoms with Gasteiger partial charge in [0.05, 0.1) is 4.90 Å². The van der Waals surface area contributed by atoms with E-state index in [0.717, 1.165) is 6.04 Å². The Morgan fingerprint density at radius 3 is 2.19 bits per heavy atom. The summed E-state index contributed by atoms with van der Waals surface area (Å²) in [7, 11) is -4.50. The molecule has 1 N–H and O–H groups in total. The van der Waals surface area contributed by atoms with Gasteiger partial charge in [-0.2, -0.15) is 0 Å². The van der Waals surface area contributed by atoms with Gasteiger partial charge >= 0.3 is 0 Å². The zero-order valence-electron chi connectivity index (χ0n) is 10.0. The highest BCUT2D eigenvalue weighted by Crippen LogP contribution is 2.10. The predicted octanol–water partition coefficient (Wildman–Crippen LogP) is 2.30. The first kappa shape index (κ1) is 13.4. The Hall–Kier alpha value is -0.653. The molecule has 0 atom stereocenters. The van der Waals surface area contributed by atoms with E-state index in [4.69, 9.17) is 0 Å². The summed E-state index contributed by atoms with van der Waals surface area (Å²) in [6, 6.07) is 9.44. The molecule has 0 aromatic heterocycles. The molecule has 0 radical (unpaired) electrons. The maximum Gasteiger partial charge on any atom is 0.240 e. The van der Waals surface area contributed by atoms with E-state index >= 15 is 0 Å². The highest BCUT2D eigenvalue weighted by atomic mass is 32.2. The quantitative estimate of drug-likeness (QED) is 0.823. The molecule has 0 spiro atoms. The van der Waals surface area contributed by atoms with Crippen LogP contribution in [-0.4, -0.2) is 23.0 Å². The highest BCUT2D eigenvalue weighted by molar-refractivity contribution is 7.89. The van der Waals surface area contributed by atoms with E-state index in [1.54, 1.807) is 30.3 Å². The normalized spacial score (nSPS) is 12.7. The van der Waals surface area contributed by atoms with E-state index < -0.39 is 18.1 Å². The summed E-state index contributed by atoms with van der Waals surface area (Å²) in [5.74, 6) is 0. The summed E-state index contributed by atoms with van der Waals surface area (Å²) in [4.78, 5) is 0.338. The smallest absolute Gasteiger partial charge is 0.211 e. The third-order valence-electron chi connectivity index (χ3n) is 2.22. The lowest BCUT2D eigenvalue weighted by Crippen LogP contribution is -2.31. The molecule has 0 amide bonds. The van der Waals surface area contributed by atoms with Crippen molar-refractivity contribution in [2.45, 2.75) is 30.6 Å². The molecule has 5 heteroatoms. The van der Waals surface area contributed by atoms with Crippen molar-refractivity contribution < 1.29 is 8.42 Å². The second-order valence-corrected chi connectivity index (χ2v) is 12.4. The molecule has 0 aliphatic rings. The van der Waals surface area contributed by atoms with Gasteiger partial charge in [0.25, 0.3) is 0 Å². The largest absolute Gasteiger partial charge is 0.240 e. The van der Waals surface area contributed by atoms with Gasteiger partial charge in [-0.25, -0.2) is 13.1 Å². The monoisotopic (exact) mass is 257 g/mol. The lowest BCUT2D eigenvalue weighted by Gasteiger charge is -2.15. The van der Waals surface area contributed by atoms with Crippen LogP contribution in [0.25, 0.3) is 0 Å². The van der Waals surface area contributed by atoms with Crippen molar-refractivity contribution in [2.24, 2.45) is 0 Å². The zero-order chi connectivity index (χ0) is 12.2. The molecule has 0 saturated heterocycles. The van der Waals surface area contributed by atoms with Crippen LogP contribution in [0.4, 0.5) is 0 Å². The number of nitrogens with one attached hydrogen (secondary N) is 1. The van der Waals surface area contributed by atoms with Gasteiger partial charge in [-0.15, -0.1) is 0 Å². The van der Waals surface area contributed by atoms with Crippen molar-refractivity contribution in [3.63, 3.8) is 0 Å². The van der Waals surface area contributed by atoms with Gasteiger partial charge < -0.3 is 0 Å². The second kappa shape index (κ2) is 5.12. The van der Waals surface area contributed by atoms with E-state index in [1.807, 2.05) is 0 Å². The molecule has 0 bridgehead atoms. The van der Waals surface area contributed by atoms with Crippen molar-refractivity contribution in [2.75, 3.05) is 6.54 Å². The van der Waals surface area contributed by atoms with E-state index in [2.05, 4.69) is 24.4 Å². The fourth-order valence-corrected chi connectivity index (χ4v) is 3.35. The summed E-state index contributed by atoms with van der Waals surface area (Å²) in [6.07, 6.45) is 0. The fraction of sp³-hybridized carbons (Fsp3) is 0.455. The van der Waals surface area contributed by atoms with Gasteiger partial charge in [-0.1, -0.05) is 37.8 Å². The van der Waals surface area contributed by atoms with Crippen molar-refractivity contribution in [3.8, 4) is 0 Å². The zero-order valence-corrected chi connectivity index (χ0v) is 11.8. The third kappa shape index (κ3) is 4.47. The Morgan fingerprint density at radius 1 is 1.12 bits per heavy atom. The van der Waals surface area contributed by atoms with Crippen LogP contribution in [-0.2, 0) is 10.0 Å². The molecule has 0 unspecified atom stereocenters. The average Bonchev–Trinajstić information content (AvgIpc) is 2.17. The standard InChI is InChI=1S/C11H19NO2SSi/c1-16(2,3)10-9-12-15(13,14)11-7-5-4-6-8-11/h4-8,12H,9-10H2,1-3H3. The number of sulfonamides is 1. The molecule has 1 aromatic rings. The number of hydrogen-bond donors (Lipinski definition) is 1. The van der Waals surface area contributed by atoms with E-state index in [9.17, 15) is 8.42 Å². The van der Waals surface area contributed by atoms with Gasteiger partial charge in [0, 0.05) is 14.6 Å². The molecule has 1 aromatic carbocycles. The van der Waals surface area contributed by atoms with Crippen molar-refractivity contribution >= 4 is 18.1 Å². The molecule has 16 heavy (non-hydrogen) atoms. The van der Waals surface area contributed by atoms with Gasteiger partial charge in [0.2, 0.25) is 10.0 Å². The minimum absolute atomic E-state index is 0.338. The van der Waals surface area contributed by atoms with Gasteiger partial charge in [0.1, 0.15) is 0 Å². The maximum atomic E-state index is 11.8. The Morgan fingerprint density at radius 2 is 1.69 bits per heavy atom. The molecule has 0 aliphatic carbocycles. The predicted molar refractivity (Wildman–Crippen MR) is 69.8 cm³/mol.